The Hall–Kier alpha value is -0.860. The number of hydrogen-bond donors (Lipinski definition) is 1. The molecule has 0 radical (unpaired) electrons. The van der Waals surface area contributed by atoms with E-state index in [1.807, 2.05) is 0 Å². The molecule has 1 aromatic rings. The zero-order valence-corrected chi connectivity index (χ0v) is 14.3. The summed E-state index contributed by atoms with van der Waals surface area (Å²) in [7, 11) is 0. The highest BCUT2D eigenvalue weighted by molar-refractivity contribution is 5.28. The number of nitrogens with zero attached hydrogens (tertiary/aromatic N) is 1. The van der Waals surface area contributed by atoms with Gasteiger partial charge < -0.3 is 5.32 Å². The van der Waals surface area contributed by atoms with Crippen LogP contribution in [-0.4, -0.2) is 29.6 Å². The maximum atomic E-state index is 3.59. The lowest BCUT2D eigenvalue weighted by atomic mass is 10.0. The number of fused-ring (bicyclic) bond motifs is 1. The third-order valence-electron chi connectivity index (χ3n) is 4.46. The minimum Gasteiger partial charge on any atom is -0.312 e. The Balaban J connectivity index is 1.81. The van der Waals surface area contributed by atoms with Gasteiger partial charge in [-0.15, -0.1) is 0 Å². The number of benzene rings is 1. The van der Waals surface area contributed by atoms with Crippen LogP contribution in [0.5, 0.6) is 0 Å². The van der Waals surface area contributed by atoms with Gasteiger partial charge in [-0.25, -0.2) is 0 Å². The van der Waals surface area contributed by atoms with Gasteiger partial charge in [-0.1, -0.05) is 24.3 Å². The van der Waals surface area contributed by atoms with Crippen molar-refractivity contribution >= 4 is 0 Å². The number of aryl methyl sites for hydroxylation is 1. The molecule has 0 fully saturated rings. The average molecular weight is 288 g/mol. The van der Waals surface area contributed by atoms with Gasteiger partial charge in [0.05, 0.1) is 0 Å². The van der Waals surface area contributed by atoms with Crippen LogP contribution in [0.3, 0.4) is 0 Å². The Labute approximate surface area is 130 Å². The summed E-state index contributed by atoms with van der Waals surface area (Å²) in [5.74, 6) is 0. The summed E-state index contributed by atoms with van der Waals surface area (Å²) in [6.07, 6.45) is 5.08. The Morgan fingerprint density at radius 2 is 1.90 bits per heavy atom. The molecule has 1 aliphatic rings. The molecule has 1 N–H and O–H groups in total. The summed E-state index contributed by atoms with van der Waals surface area (Å²) in [5.41, 5.74) is 3.33. The molecule has 0 saturated carbocycles. The molecule has 1 aliphatic heterocycles. The molecule has 1 aromatic carbocycles. The Bertz CT molecular complexity index is 433. The Morgan fingerprint density at radius 3 is 2.62 bits per heavy atom. The molecule has 2 heteroatoms. The van der Waals surface area contributed by atoms with Gasteiger partial charge in [0.2, 0.25) is 0 Å². The average Bonchev–Trinajstić information content (AvgIpc) is 2.64. The van der Waals surface area contributed by atoms with Crippen LogP contribution in [-0.2, 0) is 13.0 Å². The van der Waals surface area contributed by atoms with Gasteiger partial charge in [0, 0.05) is 18.1 Å². The van der Waals surface area contributed by atoms with Crippen molar-refractivity contribution in [1.29, 1.82) is 0 Å². The van der Waals surface area contributed by atoms with Gasteiger partial charge in [-0.05, 0) is 77.6 Å². The molecule has 1 unspecified atom stereocenters. The maximum Gasteiger partial charge on any atom is 0.0239 e. The van der Waals surface area contributed by atoms with Crippen molar-refractivity contribution in [3.8, 4) is 0 Å². The minimum absolute atomic E-state index is 0.241. The van der Waals surface area contributed by atoms with Gasteiger partial charge in [0.1, 0.15) is 0 Å². The fourth-order valence-electron chi connectivity index (χ4n) is 3.15. The van der Waals surface area contributed by atoms with Crippen molar-refractivity contribution < 1.29 is 0 Å². The molecule has 118 valence electrons. The smallest absolute Gasteiger partial charge is 0.0239 e. The van der Waals surface area contributed by atoms with E-state index in [0.717, 1.165) is 13.1 Å². The number of nitrogens with one attached hydrogen (secondary N) is 1. The second-order valence-corrected chi connectivity index (χ2v) is 7.51. The highest BCUT2D eigenvalue weighted by atomic mass is 15.1. The quantitative estimate of drug-likeness (QED) is 0.824. The van der Waals surface area contributed by atoms with E-state index in [4.69, 9.17) is 0 Å². The maximum absolute atomic E-state index is 3.59. The summed E-state index contributed by atoms with van der Waals surface area (Å²) in [6.45, 7) is 12.6. The van der Waals surface area contributed by atoms with Crippen molar-refractivity contribution in [3.63, 3.8) is 0 Å². The van der Waals surface area contributed by atoms with Crippen LogP contribution < -0.4 is 5.32 Å². The topological polar surface area (TPSA) is 15.3 Å². The summed E-state index contributed by atoms with van der Waals surface area (Å²) in [6, 6.07) is 9.65. The lowest BCUT2D eigenvalue weighted by molar-refractivity contribution is 0.190. The lowest BCUT2D eigenvalue weighted by Gasteiger charge is -2.28. The monoisotopic (exact) mass is 288 g/mol. The fraction of sp³-hybridized carbons (Fsp3) is 0.684. The zero-order chi connectivity index (χ0) is 15.3. The summed E-state index contributed by atoms with van der Waals surface area (Å²) < 4.78 is 0. The van der Waals surface area contributed by atoms with Crippen LogP contribution in [0.1, 0.15) is 58.1 Å². The number of hydrogen-bond acceptors (Lipinski definition) is 2. The molecule has 0 aliphatic carbocycles. The molecule has 0 amide bonds. The SMILES string of the molecule is CC(CCCNC(C)(C)C)N1CCCc2ccccc2C1. The Morgan fingerprint density at radius 1 is 1.19 bits per heavy atom. The molecular weight excluding hydrogens is 256 g/mol. The summed E-state index contributed by atoms with van der Waals surface area (Å²) in [5, 5.41) is 3.59. The van der Waals surface area contributed by atoms with Crippen LogP contribution in [0.25, 0.3) is 0 Å². The summed E-state index contributed by atoms with van der Waals surface area (Å²) in [4.78, 5) is 2.67. The highest BCUT2D eigenvalue weighted by Crippen LogP contribution is 2.21. The highest BCUT2D eigenvalue weighted by Gasteiger charge is 2.18. The van der Waals surface area contributed by atoms with E-state index >= 15 is 0 Å². The molecule has 2 rings (SSSR count). The first-order chi connectivity index (χ1) is 9.96. The van der Waals surface area contributed by atoms with Gasteiger partial charge in [0.15, 0.2) is 0 Å². The van der Waals surface area contributed by atoms with E-state index in [1.165, 1.54) is 37.8 Å². The molecule has 21 heavy (non-hydrogen) atoms. The van der Waals surface area contributed by atoms with Crippen molar-refractivity contribution in [1.82, 2.24) is 10.2 Å². The Kier molecular flexibility index (Phi) is 5.83. The van der Waals surface area contributed by atoms with Gasteiger partial charge in [-0.3, -0.25) is 4.90 Å². The van der Waals surface area contributed by atoms with E-state index in [-0.39, 0.29) is 5.54 Å². The van der Waals surface area contributed by atoms with E-state index in [0.29, 0.717) is 6.04 Å². The normalized spacial score (nSPS) is 18.1. The molecular formula is C19H32N2. The first-order valence-electron chi connectivity index (χ1n) is 8.51. The third-order valence-corrected chi connectivity index (χ3v) is 4.46. The van der Waals surface area contributed by atoms with Crippen LogP contribution in [0, 0.1) is 0 Å². The van der Waals surface area contributed by atoms with Crippen molar-refractivity contribution in [2.75, 3.05) is 13.1 Å². The van der Waals surface area contributed by atoms with Crippen LogP contribution in [0.4, 0.5) is 0 Å². The zero-order valence-electron chi connectivity index (χ0n) is 14.3. The van der Waals surface area contributed by atoms with E-state index in [1.54, 1.807) is 5.56 Å². The second kappa shape index (κ2) is 7.42. The van der Waals surface area contributed by atoms with Crippen molar-refractivity contribution in [2.24, 2.45) is 0 Å². The molecule has 1 heterocycles. The summed E-state index contributed by atoms with van der Waals surface area (Å²) >= 11 is 0. The molecule has 1 atom stereocenters. The van der Waals surface area contributed by atoms with Gasteiger partial charge >= 0.3 is 0 Å². The van der Waals surface area contributed by atoms with Gasteiger partial charge in [0.25, 0.3) is 0 Å². The first-order valence-corrected chi connectivity index (χ1v) is 8.51. The predicted molar refractivity (Wildman–Crippen MR) is 91.6 cm³/mol. The van der Waals surface area contributed by atoms with Crippen LogP contribution in [0.2, 0.25) is 0 Å². The lowest BCUT2D eigenvalue weighted by Crippen LogP contribution is -2.37. The standard InChI is InChI=1S/C19H32N2/c1-16(9-7-13-20-19(2,3)4)21-14-8-12-17-10-5-6-11-18(17)15-21/h5-6,10-11,16,20H,7-9,12-15H2,1-4H3. The van der Waals surface area contributed by atoms with E-state index in [2.05, 4.69) is 62.2 Å². The largest absolute Gasteiger partial charge is 0.312 e. The number of rotatable bonds is 5. The second-order valence-electron chi connectivity index (χ2n) is 7.51. The third kappa shape index (κ3) is 5.44. The molecule has 0 bridgehead atoms. The van der Waals surface area contributed by atoms with Crippen LogP contribution >= 0.6 is 0 Å². The van der Waals surface area contributed by atoms with Gasteiger partial charge in [-0.2, -0.15) is 0 Å². The minimum atomic E-state index is 0.241. The molecule has 0 spiro atoms. The predicted octanol–water partition coefficient (Wildman–Crippen LogP) is 3.99. The van der Waals surface area contributed by atoms with E-state index in [9.17, 15) is 0 Å². The van der Waals surface area contributed by atoms with Crippen LogP contribution in [0.15, 0.2) is 24.3 Å². The molecule has 0 aromatic heterocycles. The molecule has 2 nitrogen and oxygen atoms in total. The molecule has 0 saturated heterocycles. The van der Waals surface area contributed by atoms with Crippen molar-refractivity contribution in [2.45, 2.75) is 71.5 Å². The van der Waals surface area contributed by atoms with E-state index < -0.39 is 0 Å². The van der Waals surface area contributed by atoms with Crippen molar-refractivity contribution in [3.05, 3.63) is 35.4 Å². The first kappa shape index (κ1) is 16.5. The fourth-order valence-corrected chi connectivity index (χ4v) is 3.15.